The molecular weight excluding hydrogens is 1450 g/mol. The first-order chi connectivity index (χ1) is 49.6. The van der Waals surface area contributed by atoms with Crippen molar-refractivity contribution in [2.45, 2.75) is 108 Å². The number of hydrogen-bond donors (Lipinski definition) is 8. The van der Waals surface area contributed by atoms with Crippen LogP contribution >= 0.6 is 56.7 Å². The number of carbonyl (C=O) groups excluding carboxylic acids is 8. The second kappa shape index (κ2) is 29.7. The fraction of sp³-hybridized carbons (Fsp3) is 0.424. The highest BCUT2D eigenvalue weighted by molar-refractivity contribution is 7.14. The van der Waals surface area contributed by atoms with Crippen LogP contribution < -0.4 is 21.3 Å². The number of cyclic esters (lactones) is 2. The maximum atomic E-state index is 15.2. The fourth-order valence-corrected chi connectivity index (χ4v) is 17.2. The minimum absolute atomic E-state index is 0.00827. The first kappa shape index (κ1) is 73.0. The molecule has 1 aromatic carbocycles. The summed E-state index contributed by atoms with van der Waals surface area (Å²) in [5, 5.41) is 66.2. The Balaban J connectivity index is 0.954. The van der Waals surface area contributed by atoms with E-state index in [9.17, 15) is 39.7 Å². The molecule has 5 aliphatic heterocycles. The molecule has 2 fully saturated rings. The van der Waals surface area contributed by atoms with Crippen molar-refractivity contribution in [3.8, 4) is 38.4 Å². The normalized spacial score (nSPS) is 24.5. The van der Waals surface area contributed by atoms with Crippen LogP contribution in [0.5, 0.6) is 5.75 Å². The van der Waals surface area contributed by atoms with Crippen LogP contribution in [0.2, 0.25) is 0 Å². The van der Waals surface area contributed by atoms with Crippen molar-refractivity contribution < 1.29 is 87.3 Å². The molecule has 8 N–H and O–H groups in total. The molecule has 13 rings (SSSR count). The molecule has 10 unspecified atom stereocenters. The van der Waals surface area contributed by atoms with Crippen molar-refractivity contribution in [3.05, 3.63) is 112 Å². The van der Waals surface area contributed by atoms with Crippen LogP contribution in [-0.2, 0) is 56.0 Å². The van der Waals surface area contributed by atoms with E-state index in [0.717, 1.165) is 56.7 Å². The van der Waals surface area contributed by atoms with Gasteiger partial charge in [0, 0.05) is 90.1 Å². The number of ether oxygens (including phenoxy) is 6. The zero-order valence-corrected chi connectivity index (χ0v) is 61.3. The molecule has 6 amide bonds. The first-order valence-corrected chi connectivity index (χ1v) is 36.9. The van der Waals surface area contributed by atoms with Crippen molar-refractivity contribution >= 4 is 121 Å². The Hall–Kier alpha value is -9.32. The van der Waals surface area contributed by atoms with Gasteiger partial charge in [0.2, 0.25) is 11.8 Å². The fourth-order valence-electron chi connectivity index (χ4n) is 13.1. The molecule has 0 spiro atoms. The Morgan fingerprint density at radius 1 is 0.798 bits per heavy atom. The number of hydrogen-bond acceptors (Lipinski definition) is 31. The summed E-state index contributed by atoms with van der Waals surface area (Å²) in [6, 6.07) is 0.788. The quantitative estimate of drug-likeness (QED) is 0.0575. The number of aliphatic hydroxyl groups is 2. The van der Waals surface area contributed by atoms with Crippen LogP contribution in [0.1, 0.15) is 125 Å². The lowest BCUT2D eigenvalue weighted by atomic mass is 9.85. The highest BCUT2D eigenvalue weighted by Gasteiger charge is 2.50. The second-order valence-corrected chi connectivity index (χ2v) is 30.2. The van der Waals surface area contributed by atoms with E-state index < -0.39 is 133 Å². The Kier molecular flexibility index (Phi) is 20.8. The van der Waals surface area contributed by atoms with Crippen LogP contribution in [0.25, 0.3) is 49.3 Å². The SMILES string of the molecule is CO/C(C)=C1/NC(=O)C(C(C)O)NC(=O)c2csc(n2)-c2cc(O)c(-c3nc(C(=O)N4CCN(CC(=O)N(C)C)CC4)cs3)nc2-c2csc(n2)C2COC(=O)c3c4c5c(cccc5n3O)COC(=O)C(OC3CC(C)(O)C(N(C)C)C(C)O3)C(OC4)C(NC(=O)c3csc1n3)c1nc(cs1)C(=O)N2. The number of allylic oxidation sites excluding steroid dienone is 1. The third-order valence-corrected chi connectivity index (χ3v) is 22.7. The summed E-state index contributed by atoms with van der Waals surface area (Å²) in [7, 11) is 8.21. The van der Waals surface area contributed by atoms with E-state index >= 15 is 19.2 Å². The van der Waals surface area contributed by atoms with Crippen LogP contribution in [0.3, 0.4) is 0 Å². The van der Waals surface area contributed by atoms with E-state index in [1.54, 1.807) is 69.4 Å². The predicted molar refractivity (Wildman–Crippen MR) is 375 cm³/mol. The van der Waals surface area contributed by atoms with Gasteiger partial charge in [-0.1, -0.05) is 12.1 Å². The van der Waals surface area contributed by atoms with Crippen molar-refractivity contribution in [3.63, 3.8) is 0 Å². The number of piperazine rings is 1. The van der Waals surface area contributed by atoms with Crippen molar-refractivity contribution in [2.24, 2.45) is 0 Å². The number of aliphatic hydroxyl groups excluding tert-OH is 1. The topological polar surface area (TPSA) is 416 Å². The summed E-state index contributed by atoms with van der Waals surface area (Å²) in [6.07, 6.45) is -7.52. The van der Waals surface area contributed by atoms with Gasteiger partial charge in [0.1, 0.15) is 120 Å². The standard InChI is InChI=1S/C66H71N15O18S5/c1-28(82)45-57(88)75-46(29(2)94-9)60-70-38(26-102-60)56(87)76-49-51-52(99-43-18-66(4,92)53(78(7)8)30(3)98-43)65(91)96-20-31-11-10-12-40-44(31)33(21-95-51)50(81(40)93)64(90)97-22-34(67-54(85)36-25-103-62(49)71-36)59-68-35(23-101-59)47-32(58-69-37(24-100-58)55(86)74-45)17-41(83)48(73-47)61-72-39(27-104-61)63(89)80-15-13-79(14-16-80)19-42(84)77(5)6/h10-12,17,23-28,30,34,43,45,49,51-53,82-83,92-93H,13-16,18-22H2,1-9H3,(H,67,85)(H,74,86)(H,75,88)(H,76,87)/b46-29+. The summed E-state index contributed by atoms with van der Waals surface area (Å²) >= 11 is 4.70. The van der Waals surface area contributed by atoms with Gasteiger partial charge in [-0.15, -0.1) is 56.7 Å². The number of esters is 2. The lowest BCUT2D eigenvalue weighted by Crippen LogP contribution is -2.62. The highest BCUT2D eigenvalue weighted by Crippen LogP contribution is 2.43. The molecule has 104 heavy (non-hydrogen) atoms. The molecule has 10 atom stereocenters. The Morgan fingerprint density at radius 2 is 1.46 bits per heavy atom. The van der Waals surface area contributed by atoms with Gasteiger partial charge < -0.3 is 84.9 Å². The molecule has 0 aliphatic carbocycles. The third kappa shape index (κ3) is 14.5. The van der Waals surface area contributed by atoms with E-state index in [4.69, 9.17) is 43.4 Å². The van der Waals surface area contributed by atoms with Crippen molar-refractivity contribution in [1.29, 1.82) is 0 Å². The number of carbonyl (C=O) groups is 8. The second-order valence-electron chi connectivity index (χ2n) is 25.9. The van der Waals surface area contributed by atoms with Gasteiger partial charge in [0.25, 0.3) is 23.6 Å². The maximum Gasteiger partial charge on any atom is 0.358 e. The van der Waals surface area contributed by atoms with Gasteiger partial charge in [0.15, 0.2) is 18.1 Å². The zero-order valence-electron chi connectivity index (χ0n) is 57.2. The van der Waals surface area contributed by atoms with E-state index in [-0.39, 0.29) is 117 Å². The number of benzene rings is 1. The van der Waals surface area contributed by atoms with E-state index in [2.05, 4.69) is 36.2 Å². The van der Waals surface area contributed by atoms with Crippen LogP contribution in [0.15, 0.2) is 56.9 Å². The number of nitrogens with zero attached hydrogens (tertiary/aromatic N) is 11. The minimum Gasteiger partial charge on any atom is -0.506 e. The molecule has 5 aliphatic rings. The molecule has 0 saturated carbocycles. The Labute approximate surface area is 612 Å². The number of methoxy groups -OCH3 is 1. The molecular formula is C66H71N15O18S5. The molecule has 12 bridgehead atoms. The Morgan fingerprint density at radius 3 is 2.17 bits per heavy atom. The Bertz CT molecular complexity index is 4740. The molecule has 33 nitrogen and oxygen atoms in total. The molecule has 8 aromatic rings. The summed E-state index contributed by atoms with van der Waals surface area (Å²) in [5.74, 6) is -6.70. The van der Waals surface area contributed by atoms with Crippen LogP contribution in [0, 0.1) is 0 Å². The van der Waals surface area contributed by atoms with Crippen molar-refractivity contribution in [1.82, 2.24) is 75.5 Å². The molecule has 38 heteroatoms. The van der Waals surface area contributed by atoms with Gasteiger partial charge in [-0.3, -0.25) is 33.7 Å². The molecule has 0 radical (unpaired) electrons. The summed E-state index contributed by atoms with van der Waals surface area (Å²) in [4.78, 5) is 151. The molecule has 12 heterocycles. The van der Waals surface area contributed by atoms with E-state index in [1.807, 2.05) is 4.90 Å². The van der Waals surface area contributed by atoms with Crippen molar-refractivity contribution in [2.75, 3.05) is 74.6 Å². The summed E-state index contributed by atoms with van der Waals surface area (Å²) in [5.41, 5.74) is -2.23. The highest BCUT2D eigenvalue weighted by atomic mass is 32.1. The number of rotatable bonds is 9. The molecule has 2 saturated heterocycles. The lowest BCUT2D eigenvalue weighted by Gasteiger charge is -2.48. The van der Waals surface area contributed by atoms with Gasteiger partial charge in [-0.05, 0) is 59.5 Å². The van der Waals surface area contributed by atoms with Crippen LogP contribution in [0.4, 0.5) is 0 Å². The number of amides is 6. The number of nitrogens with one attached hydrogen (secondary N) is 4. The zero-order chi connectivity index (χ0) is 73.9. The number of aromatic nitrogens is 7. The third-order valence-electron chi connectivity index (χ3n) is 18.3. The lowest BCUT2D eigenvalue weighted by molar-refractivity contribution is -0.280. The predicted octanol–water partition coefficient (Wildman–Crippen LogP) is 4.01. The average Bonchev–Trinajstić information content (AvgIpc) is 1.57. The van der Waals surface area contributed by atoms with Gasteiger partial charge in [-0.2, -0.15) is 4.73 Å². The van der Waals surface area contributed by atoms with Gasteiger partial charge >= 0.3 is 11.9 Å². The minimum atomic E-state index is -1.91. The summed E-state index contributed by atoms with van der Waals surface area (Å²) in [6.45, 7) is 6.02. The van der Waals surface area contributed by atoms with E-state index in [1.165, 1.54) is 59.5 Å². The molecule has 548 valence electrons. The smallest absolute Gasteiger partial charge is 0.358 e. The maximum absolute atomic E-state index is 15.2. The number of pyridine rings is 1. The van der Waals surface area contributed by atoms with E-state index in [0.29, 0.717) is 36.5 Å². The number of likely N-dealkylation sites (N-methyl/N-ethyl adjacent to an activating group) is 2. The average molecular weight is 1520 g/mol. The number of thiazole rings is 5. The van der Waals surface area contributed by atoms with Gasteiger partial charge in [-0.25, -0.2) is 39.5 Å². The summed E-state index contributed by atoms with van der Waals surface area (Å²) < 4.78 is 38.4. The number of fused-ring (bicyclic) bond motifs is 15. The number of aromatic hydroxyl groups is 1. The largest absolute Gasteiger partial charge is 0.506 e. The molecule has 7 aromatic heterocycles. The van der Waals surface area contributed by atoms with Gasteiger partial charge in [0.05, 0.1) is 49.6 Å². The van der Waals surface area contributed by atoms with Crippen LogP contribution in [-0.4, -0.2) is 245 Å². The monoisotopic (exact) mass is 1520 g/mol. The first-order valence-electron chi connectivity index (χ1n) is 32.6.